The molecule has 2 fully saturated rings. The van der Waals surface area contributed by atoms with Crippen molar-refractivity contribution >= 4 is 5.91 Å². The van der Waals surface area contributed by atoms with Gasteiger partial charge in [0.25, 0.3) is 5.91 Å². The molecule has 6 nitrogen and oxygen atoms in total. The van der Waals surface area contributed by atoms with Gasteiger partial charge < -0.3 is 15.2 Å². The summed E-state index contributed by atoms with van der Waals surface area (Å²) in [5, 5.41) is 14.3. The second-order valence-electron chi connectivity index (χ2n) is 8.11. The Morgan fingerprint density at radius 1 is 1.17 bits per heavy atom. The Morgan fingerprint density at radius 2 is 1.93 bits per heavy atom. The average Bonchev–Trinajstić information content (AvgIpc) is 3.04. The number of likely N-dealkylation sites (tertiary alicyclic amines) is 1. The summed E-state index contributed by atoms with van der Waals surface area (Å²) in [5.41, 5.74) is 1.49. The maximum Gasteiger partial charge on any atom is 0.253 e. The highest BCUT2D eigenvalue weighted by Crippen LogP contribution is 2.31. The first-order chi connectivity index (χ1) is 14.1. The van der Waals surface area contributed by atoms with E-state index in [0.29, 0.717) is 12.0 Å². The molecule has 154 valence electrons. The van der Waals surface area contributed by atoms with Crippen LogP contribution in [0.25, 0.3) is 0 Å². The molecule has 1 saturated carbocycles. The van der Waals surface area contributed by atoms with Gasteiger partial charge in [-0.05, 0) is 56.6 Å². The molecule has 4 rings (SSSR count). The topological polar surface area (TPSA) is 74.7 Å². The fourth-order valence-electron chi connectivity index (χ4n) is 4.54. The van der Waals surface area contributed by atoms with E-state index in [2.05, 4.69) is 15.2 Å². The summed E-state index contributed by atoms with van der Waals surface area (Å²) in [6, 6.07) is 11.1. The molecule has 29 heavy (non-hydrogen) atoms. The number of aliphatic hydroxyl groups excluding tert-OH is 1. The van der Waals surface area contributed by atoms with Gasteiger partial charge in [0.05, 0.1) is 17.6 Å². The van der Waals surface area contributed by atoms with Crippen molar-refractivity contribution in [2.75, 3.05) is 13.1 Å². The minimum absolute atomic E-state index is 0.147. The highest BCUT2D eigenvalue weighted by Gasteiger charge is 2.47. The SMILES string of the molecule is Cc1cncc(C(=O)N[C@@H]2C[C@@H](Oc3ccccc3)[C@H](O)[C@H]2N2CCCCC2)c1. The number of aliphatic hydroxyl groups is 1. The lowest BCUT2D eigenvalue weighted by Gasteiger charge is -2.37. The van der Waals surface area contributed by atoms with Crippen LogP contribution in [0.1, 0.15) is 41.6 Å². The van der Waals surface area contributed by atoms with Crippen molar-refractivity contribution in [3.05, 3.63) is 59.9 Å². The molecule has 4 atom stereocenters. The molecule has 1 aromatic carbocycles. The molecule has 0 radical (unpaired) electrons. The maximum atomic E-state index is 12.9. The number of carbonyl (C=O) groups is 1. The van der Waals surface area contributed by atoms with Crippen molar-refractivity contribution in [1.82, 2.24) is 15.2 Å². The molecule has 0 unspecified atom stereocenters. The van der Waals surface area contributed by atoms with Crippen molar-refractivity contribution in [3.63, 3.8) is 0 Å². The van der Waals surface area contributed by atoms with Crippen LogP contribution in [0, 0.1) is 6.92 Å². The van der Waals surface area contributed by atoms with E-state index in [0.717, 1.165) is 37.2 Å². The molecule has 0 bridgehead atoms. The lowest BCUT2D eigenvalue weighted by atomic mass is 10.0. The summed E-state index contributed by atoms with van der Waals surface area (Å²) in [6.07, 6.45) is 6.33. The first-order valence-corrected chi connectivity index (χ1v) is 10.5. The minimum Gasteiger partial charge on any atom is -0.488 e. The van der Waals surface area contributed by atoms with Gasteiger partial charge in [0, 0.05) is 18.8 Å². The van der Waals surface area contributed by atoms with E-state index in [1.165, 1.54) is 6.42 Å². The number of ether oxygens (including phenoxy) is 1. The quantitative estimate of drug-likeness (QED) is 0.814. The van der Waals surface area contributed by atoms with Gasteiger partial charge in [0.2, 0.25) is 0 Å². The standard InChI is InChI=1S/C23H29N3O3/c1-16-12-17(15-24-14-16)23(28)25-19-13-20(29-18-8-4-2-5-9-18)22(27)21(19)26-10-6-3-7-11-26/h2,4-5,8-9,12,14-15,19-22,27H,3,6-7,10-11,13H2,1H3,(H,25,28)/t19-,20-,21+,22+/m1/s1. The van der Waals surface area contributed by atoms with Crippen molar-refractivity contribution in [1.29, 1.82) is 0 Å². The smallest absolute Gasteiger partial charge is 0.253 e. The van der Waals surface area contributed by atoms with Crippen molar-refractivity contribution in [3.8, 4) is 5.75 Å². The summed E-state index contributed by atoms with van der Waals surface area (Å²) in [4.78, 5) is 19.3. The highest BCUT2D eigenvalue weighted by molar-refractivity contribution is 5.94. The number of pyridine rings is 1. The van der Waals surface area contributed by atoms with E-state index >= 15 is 0 Å². The van der Waals surface area contributed by atoms with Crippen molar-refractivity contribution in [2.24, 2.45) is 0 Å². The van der Waals surface area contributed by atoms with Crippen LogP contribution < -0.4 is 10.1 Å². The fourth-order valence-corrected chi connectivity index (χ4v) is 4.54. The third-order valence-corrected chi connectivity index (χ3v) is 5.93. The van der Waals surface area contributed by atoms with Crippen LogP contribution in [0.5, 0.6) is 5.75 Å². The second-order valence-corrected chi connectivity index (χ2v) is 8.11. The second kappa shape index (κ2) is 8.93. The Kier molecular flexibility index (Phi) is 6.11. The van der Waals surface area contributed by atoms with Gasteiger partial charge in [0.15, 0.2) is 0 Å². The van der Waals surface area contributed by atoms with E-state index in [4.69, 9.17) is 4.74 Å². The molecule has 2 heterocycles. The Bertz CT molecular complexity index is 823. The molecule has 1 aromatic heterocycles. The maximum absolute atomic E-state index is 12.9. The first kappa shape index (κ1) is 19.9. The number of hydrogen-bond donors (Lipinski definition) is 2. The molecule has 1 saturated heterocycles. The summed E-state index contributed by atoms with van der Waals surface area (Å²) in [5.74, 6) is 0.588. The zero-order chi connectivity index (χ0) is 20.2. The molecular formula is C23H29N3O3. The summed E-state index contributed by atoms with van der Waals surface area (Å²) < 4.78 is 6.10. The normalized spacial score (nSPS) is 27.5. The number of carbonyl (C=O) groups excluding carboxylic acids is 1. The summed E-state index contributed by atoms with van der Waals surface area (Å²) in [6.45, 7) is 3.81. The Balaban J connectivity index is 1.52. The zero-order valence-electron chi connectivity index (χ0n) is 16.8. The average molecular weight is 396 g/mol. The van der Waals surface area contributed by atoms with Crippen LogP contribution in [0.15, 0.2) is 48.8 Å². The number of benzene rings is 1. The van der Waals surface area contributed by atoms with Crippen LogP contribution in [0.3, 0.4) is 0 Å². The number of rotatable bonds is 5. The Morgan fingerprint density at radius 3 is 2.66 bits per heavy atom. The predicted octanol–water partition coefficient (Wildman–Crippen LogP) is 2.56. The Labute approximate surface area is 171 Å². The van der Waals surface area contributed by atoms with Crippen molar-refractivity contribution in [2.45, 2.75) is 56.9 Å². The first-order valence-electron chi connectivity index (χ1n) is 10.5. The third-order valence-electron chi connectivity index (χ3n) is 5.93. The molecule has 1 amide bonds. The fraction of sp³-hybridized carbons (Fsp3) is 0.478. The number of aromatic nitrogens is 1. The van der Waals surface area contributed by atoms with Gasteiger partial charge >= 0.3 is 0 Å². The number of nitrogens with one attached hydrogen (secondary N) is 1. The van der Waals surface area contributed by atoms with E-state index in [1.807, 2.05) is 43.3 Å². The number of amides is 1. The van der Waals surface area contributed by atoms with E-state index in [-0.39, 0.29) is 24.1 Å². The number of hydrogen-bond acceptors (Lipinski definition) is 5. The molecule has 2 aromatic rings. The van der Waals surface area contributed by atoms with Crippen LogP contribution in [-0.4, -0.2) is 58.3 Å². The molecule has 2 aliphatic rings. The molecule has 6 heteroatoms. The summed E-state index contributed by atoms with van der Waals surface area (Å²) >= 11 is 0. The molecule has 0 spiro atoms. The lowest BCUT2D eigenvalue weighted by molar-refractivity contribution is 0.00146. The van der Waals surface area contributed by atoms with Crippen LogP contribution >= 0.6 is 0 Å². The van der Waals surface area contributed by atoms with Gasteiger partial charge in [-0.2, -0.15) is 0 Å². The van der Waals surface area contributed by atoms with Gasteiger partial charge in [-0.25, -0.2) is 0 Å². The molecule has 1 aliphatic carbocycles. The minimum atomic E-state index is -0.658. The molecule has 2 N–H and O–H groups in total. The highest BCUT2D eigenvalue weighted by atomic mass is 16.5. The molecule has 1 aliphatic heterocycles. The van der Waals surface area contributed by atoms with Gasteiger partial charge in [-0.1, -0.05) is 24.6 Å². The number of aryl methyl sites for hydroxylation is 1. The largest absolute Gasteiger partial charge is 0.488 e. The molecular weight excluding hydrogens is 366 g/mol. The monoisotopic (exact) mass is 395 g/mol. The predicted molar refractivity (Wildman–Crippen MR) is 111 cm³/mol. The van der Waals surface area contributed by atoms with E-state index in [9.17, 15) is 9.90 Å². The van der Waals surface area contributed by atoms with Crippen LogP contribution in [0.2, 0.25) is 0 Å². The number of para-hydroxylation sites is 1. The van der Waals surface area contributed by atoms with Crippen molar-refractivity contribution < 1.29 is 14.6 Å². The lowest BCUT2D eigenvalue weighted by Crippen LogP contribution is -2.54. The van der Waals surface area contributed by atoms with Crippen LogP contribution in [-0.2, 0) is 0 Å². The number of piperidine rings is 1. The zero-order valence-corrected chi connectivity index (χ0v) is 16.8. The van der Waals surface area contributed by atoms with E-state index < -0.39 is 6.10 Å². The Hall–Kier alpha value is -2.44. The van der Waals surface area contributed by atoms with Crippen LogP contribution in [0.4, 0.5) is 0 Å². The number of nitrogens with zero attached hydrogens (tertiary/aromatic N) is 2. The summed E-state index contributed by atoms with van der Waals surface area (Å²) in [7, 11) is 0. The van der Waals surface area contributed by atoms with Gasteiger partial charge in [-0.15, -0.1) is 0 Å². The van der Waals surface area contributed by atoms with Gasteiger partial charge in [0.1, 0.15) is 18.0 Å². The van der Waals surface area contributed by atoms with Gasteiger partial charge in [-0.3, -0.25) is 14.7 Å². The van der Waals surface area contributed by atoms with E-state index in [1.54, 1.807) is 12.4 Å². The third kappa shape index (κ3) is 4.60.